The highest BCUT2D eigenvalue weighted by Crippen LogP contribution is 2.76. The topological polar surface area (TPSA) is 58.9 Å². The van der Waals surface area contributed by atoms with Gasteiger partial charge >= 0.3 is 0 Å². The Kier molecular flexibility index (Phi) is 3.84. The predicted octanol–water partition coefficient (Wildman–Crippen LogP) is 3.44. The normalized spacial score (nSPS) is 53.5. The number of hydrogen-bond donors (Lipinski definition) is 2. The van der Waals surface area contributed by atoms with Gasteiger partial charge in [-0.1, -0.05) is 30.7 Å². The lowest BCUT2D eigenvalue weighted by Crippen LogP contribution is -2.54. The number of rotatable bonds is 2. The van der Waals surface area contributed by atoms with Gasteiger partial charge in [-0.3, -0.25) is 0 Å². The summed E-state index contributed by atoms with van der Waals surface area (Å²) in [5, 5.41) is 21.0. The number of ether oxygens (including phenoxy) is 2. The molecule has 6 rings (SSSR count). The highest BCUT2D eigenvalue weighted by Gasteiger charge is 2.74. The molecule has 154 valence electrons. The minimum Gasteiger partial charge on any atom is -0.392 e. The van der Waals surface area contributed by atoms with Crippen LogP contribution in [-0.2, 0) is 9.47 Å². The van der Waals surface area contributed by atoms with Gasteiger partial charge in [0.2, 0.25) is 0 Å². The monoisotopic (exact) mass is 386 g/mol. The molecule has 0 aromatic carbocycles. The fraction of sp³-hybridized carbons (Fsp3) is 0.833. The zero-order chi connectivity index (χ0) is 19.1. The lowest BCUT2D eigenvalue weighted by atomic mass is 9.49. The summed E-state index contributed by atoms with van der Waals surface area (Å²) in [5.41, 5.74) is 0.841. The highest BCUT2D eigenvalue weighted by molar-refractivity contribution is 5.31. The molecule has 1 spiro atoms. The summed E-state index contributed by atoms with van der Waals surface area (Å²) in [4.78, 5) is 0. The molecule has 5 aliphatic carbocycles. The second-order valence-electron chi connectivity index (χ2n) is 10.7. The Morgan fingerprint density at radius 3 is 2.75 bits per heavy atom. The third-order valence-electron chi connectivity index (χ3n) is 9.77. The van der Waals surface area contributed by atoms with Gasteiger partial charge in [0.15, 0.2) is 5.79 Å². The van der Waals surface area contributed by atoms with Crippen LogP contribution < -0.4 is 0 Å². The fourth-order valence-electron chi connectivity index (χ4n) is 8.59. The minimum absolute atomic E-state index is 0.0204. The first-order valence-corrected chi connectivity index (χ1v) is 11.5. The van der Waals surface area contributed by atoms with Crippen molar-refractivity contribution in [1.29, 1.82) is 0 Å². The fourth-order valence-corrected chi connectivity index (χ4v) is 8.59. The number of aliphatic hydroxyl groups is 2. The Balaban J connectivity index is 1.30. The van der Waals surface area contributed by atoms with Crippen LogP contribution in [0, 0.1) is 40.9 Å². The summed E-state index contributed by atoms with van der Waals surface area (Å²) in [6.45, 7) is 3.85. The molecule has 0 aromatic heterocycles. The average molecular weight is 387 g/mol. The van der Waals surface area contributed by atoms with Gasteiger partial charge in [-0.05, 0) is 67.6 Å². The van der Waals surface area contributed by atoms with Crippen molar-refractivity contribution < 1.29 is 19.7 Å². The maximum Gasteiger partial charge on any atom is 0.172 e. The largest absolute Gasteiger partial charge is 0.392 e. The molecule has 2 N–H and O–H groups in total. The first kappa shape index (κ1) is 18.1. The summed E-state index contributed by atoms with van der Waals surface area (Å²) >= 11 is 0. The molecule has 6 aliphatic rings. The molecule has 0 radical (unpaired) electrons. The summed E-state index contributed by atoms with van der Waals surface area (Å²) in [7, 11) is 0. The van der Waals surface area contributed by atoms with Crippen LogP contribution in [0.4, 0.5) is 0 Å². The summed E-state index contributed by atoms with van der Waals surface area (Å²) in [5.74, 6) is 3.56. The van der Waals surface area contributed by atoms with Crippen LogP contribution in [0.15, 0.2) is 23.8 Å². The molecule has 0 bridgehead atoms. The van der Waals surface area contributed by atoms with E-state index >= 15 is 0 Å². The Labute approximate surface area is 168 Å². The van der Waals surface area contributed by atoms with Crippen molar-refractivity contribution in [3.63, 3.8) is 0 Å². The Morgan fingerprint density at radius 1 is 1.14 bits per heavy atom. The van der Waals surface area contributed by atoms with Crippen molar-refractivity contribution in [2.75, 3.05) is 19.8 Å². The average Bonchev–Trinajstić information content (AvgIpc) is 3.32. The van der Waals surface area contributed by atoms with Crippen LogP contribution in [0.25, 0.3) is 0 Å². The van der Waals surface area contributed by atoms with Gasteiger partial charge in [0.1, 0.15) is 0 Å². The van der Waals surface area contributed by atoms with E-state index in [9.17, 15) is 10.2 Å². The number of fused-ring (bicyclic) bond motifs is 7. The van der Waals surface area contributed by atoms with Gasteiger partial charge in [0.05, 0.1) is 25.4 Å². The van der Waals surface area contributed by atoms with E-state index in [-0.39, 0.29) is 17.8 Å². The van der Waals surface area contributed by atoms with Gasteiger partial charge in [0.25, 0.3) is 0 Å². The van der Waals surface area contributed by atoms with Crippen LogP contribution in [0.3, 0.4) is 0 Å². The van der Waals surface area contributed by atoms with Crippen LogP contribution >= 0.6 is 0 Å². The smallest absolute Gasteiger partial charge is 0.172 e. The van der Waals surface area contributed by atoms with E-state index in [1.54, 1.807) is 11.6 Å². The Bertz CT molecular complexity index is 722. The van der Waals surface area contributed by atoms with E-state index in [2.05, 4.69) is 13.0 Å². The maximum absolute atomic E-state index is 11.7. The molecular formula is C24H34O4. The minimum atomic E-state index is -0.720. The summed E-state index contributed by atoms with van der Waals surface area (Å²) in [6, 6.07) is 0. The van der Waals surface area contributed by atoms with Crippen LogP contribution in [0.2, 0.25) is 0 Å². The predicted molar refractivity (Wildman–Crippen MR) is 105 cm³/mol. The van der Waals surface area contributed by atoms with Gasteiger partial charge in [-0.25, -0.2) is 0 Å². The van der Waals surface area contributed by atoms with Crippen LogP contribution in [0.1, 0.15) is 51.9 Å². The van der Waals surface area contributed by atoms with E-state index in [4.69, 9.17) is 9.47 Å². The van der Waals surface area contributed by atoms with Crippen molar-refractivity contribution in [3.05, 3.63) is 23.8 Å². The van der Waals surface area contributed by atoms with Gasteiger partial charge < -0.3 is 19.7 Å². The number of hydrogen-bond acceptors (Lipinski definition) is 4. The molecule has 5 fully saturated rings. The van der Waals surface area contributed by atoms with E-state index in [0.717, 1.165) is 44.8 Å². The van der Waals surface area contributed by atoms with Crippen molar-refractivity contribution in [1.82, 2.24) is 0 Å². The molecule has 0 amide bonds. The summed E-state index contributed by atoms with van der Waals surface area (Å²) in [6.07, 6.45) is 14.1. The summed E-state index contributed by atoms with van der Waals surface area (Å²) < 4.78 is 12.0. The second-order valence-corrected chi connectivity index (χ2v) is 10.7. The number of aliphatic hydroxyl groups excluding tert-OH is 1. The molecule has 4 saturated carbocycles. The van der Waals surface area contributed by atoms with Crippen LogP contribution in [0.5, 0.6) is 0 Å². The van der Waals surface area contributed by atoms with Crippen molar-refractivity contribution in [2.24, 2.45) is 40.9 Å². The molecular weight excluding hydrogens is 352 g/mol. The Morgan fingerprint density at radius 2 is 1.96 bits per heavy atom. The molecule has 1 saturated heterocycles. The standard InChI is InChI=1S/C24H34O4/c1-22-8-5-17-16-6-9-23(27-11-12-28-23)14-15(16)3-4-18(17)21(22)19-13-20(19)24(22,26)7-2-10-25/h2-3,7,16-21,25-26H,4-6,8-14H2,1H3/t16?,17?,18?,19?,20?,21?,22-,24-/m0/s1. The van der Waals surface area contributed by atoms with Crippen molar-refractivity contribution in [3.8, 4) is 0 Å². The first-order valence-electron chi connectivity index (χ1n) is 11.5. The van der Waals surface area contributed by atoms with Crippen LogP contribution in [-0.4, -0.2) is 41.4 Å². The lowest BCUT2D eigenvalue weighted by Gasteiger charge is -2.57. The van der Waals surface area contributed by atoms with E-state index in [1.165, 1.54) is 19.3 Å². The van der Waals surface area contributed by atoms with E-state index < -0.39 is 5.60 Å². The third-order valence-corrected chi connectivity index (χ3v) is 9.77. The van der Waals surface area contributed by atoms with E-state index in [1.807, 2.05) is 6.08 Å². The second kappa shape index (κ2) is 5.94. The van der Waals surface area contributed by atoms with Crippen molar-refractivity contribution in [2.45, 2.75) is 63.3 Å². The van der Waals surface area contributed by atoms with Gasteiger partial charge in [-0.2, -0.15) is 0 Å². The molecule has 28 heavy (non-hydrogen) atoms. The molecule has 8 atom stereocenters. The zero-order valence-corrected chi connectivity index (χ0v) is 17.0. The molecule has 6 unspecified atom stereocenters. The SMILES string of the molecule is C[C@]12CCC3C4CCC5(CC4=CCC3C1C1CC1[C@@]2(O)C=CCO)OCCO5. The zero-order valence-electron chi connectivity index (χ0n) is 17.0. The van der Waals surface area contributed by atoms with Gasteiger partial charge in [0, 0.05) is 18.3 Å². The quantitative estimate of drug-likeness (QED) is 0.714. The van der Waals surface area contributed by atoms with Crippen molar-refractivity contribution >= 4 is 0 Å². The van der Waals surface area contributed by atoms with E-state index in [0.29, 0.717) is 29.6 Å². The number of allylic oxidation sites excluding steroid dienone is 1. The lowest BCUT2D eigenvalue weighted by molar-refractivity contribution is -0.178. The first-order chi connectivity index (χ1) is 13.5. The molecule has 0 aromatic rings. The van der Waals surface area contributed by atoms with Gasteiger partial charge in [-0.15, -0.1) is 0 Å². The third kappa shape index (κ3) is 2.21. The Hall–Kier alpha value is -0.680. The molecule has 1 aliphatic heterocycles. The molecule has 4 nitrogen and oxygen atoms in total. The molecule has 4 heteroatoms. The maximum atomic E-state index is 11.7. The highest BCUT2D eigenvalue weighted by atomic mass is 16.7. The molecule has 1 heterocycles.